The maximum absolute atomic E-state index is 12.6. The number of hydrogen-bond acceptors (Lipinski definition) is 3. The zero-order chi connectivity index (χ0) is 17.9. The molecule has 3 amide bonds. The number of urea groups is 1. The number of alkyl halides is 3. The van der Waals surface area contributed by atoms with Crippen molar-refractivity contribution in [1.82, 2.24) is 15.2 Å². The van der Waals surface area contributed by atoms with Gasteiger partial charge in [0.2, 0.25) is 5.91 Å². The van der Waals surface area contributed by atoms with E-state index in [1.165, 1.54) is 11.8 Å². The molecular weight excluding hydrogens is 325 g/mol. The molecule has 1 atom stereocenters. The number of nitrogens with zero attached hydrogens (tertiary/aromatic N) is 2. The Balaban J connectivity index is 2.05. The molecule has 0 spiro atoms. The predicted molar refractivity (Wildman–Crippen MR) is 81.4 cm³/mol. The molecule has 1 fully saturated rings. The van der Waals surface area contributed by atoms with Crippen molar-refractivity contribution in [3.8, 4) is 0 Å². The Labute approximate surface area is 137 Å². The van der Waals surface area contributed by atoms with Crippen molar-refractivity contribution in [2.24, 2.45) is 5.92 Å². The zero-order valence-corrected chi connectivity index (χ0v) is 13.4. The van der Waals surface area contributed by atoms with Crippen LogP contribution in [0.25, 0.3) is 0 Å². The van der Waals surface area contributed by atoms with Gasteiger partial charge in [-0.05, 0) is 31.4 Å². The maximum Gasteiger partial charge on any atom is 0.433 e. The summed E-state index contributed by atoms with van der Waals surface area (Å²) >= 11 is 0. The minimum atomic E-state index is -4.53. The van der Waals surface area contributed by atoms with Crippen molar-refractivity contribution in [2.75, 3.05) is 25.5 Å². The number of carbonyl (C=O) groups excluding carboxylic acids is 2. The Morgan fingerprint density at radius 1 is 1.38 bits per heavy atom. The molecule has 1 unspecified atom stereocenters. The van der Waals surface area contributed by atoms with E-state index in [1.54, 1.807) is 7.05 Å². The molecule has 1 aromatic heterocycles. The van der Waals surface area contributed by atoms with E-state index in [0.29, 0.717) is 19.4 Å². The van der Waals surface area contributed by atoms with Crippen molar-refractivity contribution in [2.45, 2.75) is 25.9 Å². The third kappa shape index (κ3) is 4.15. The number of hydrogen-bond donors (Lipinski definition) is 2. The molecule has 1 aliphatic heterocycles. The largest absolute Gasteiger partial charge is 0.433 e. The molecule has 132 valence electrons. The number of likely N-dealkylation sites (tertiary alicyclic amines) is 1. The smallest absolute Gasteiger partial charge is 0.359 e. The van der Waals surface area contributed by atoms with Gasteiger partial charge in [-0.1, -0.05) is 0 Å². The maximum atomic E-state index is 12.6. The molecule has 0 radical (unpaired) electrons. The van der Waals surface area contributed by atoms with Gasteiger partial charge in [-0.15, -0.1) is 0 Å². The van der Waals surface area contributed by atoms with Gasteiger partial charge in [0.15, 0.2) is 0 Å². The summed E-state index contributed by atoms with van der Waals surface area (Å²) < 4.78 is 37.8. The Morgan fingerprint density at radius 2 is 2.08 bits per heavy atom. The van der Waals surface area contributed by atoms with Gasteiger partial charge in [0, 0.05) is 20.1 Å². The number of piperidine rings is 1. The lowest BCUT2D eigenvalue weighted by Gasteiger charge is -2.31. The number of halogens is 3. The fraction of sp³-hybridized carbons (Fsp3) is 0.533. The normalized spacial score (nSPS) is 18.2. The molecular formula is C15H19F3N4O2. The topological polar surface area (TPSA) is 74.3 Å². The molecule has 2 heterocycles. The number of carbonyl (C=O) groups is 2. The number of amides is 3. The van der Waals surface area contributed by atoms with E-state index in [1.807, 2.05) is 0 Å². The monoisotopic (exact) mass is 344 g/mol. The highest BCUT2D eigenvalue weighted by Crippen LogP contribution is 2.29. The van der Waals surface area contributed by atoms with Crippen LogP contribution in [-0.2, 0) is 11.0 Å². The minimum absolute atomic E-state index is 0.125. The molecule has 0 aliphatic carbocycles. The molecule has 6 nitrogen and oxygen atoms in total. The average Bonchev–Trinajstić information content (AvgIpc) is 2.55. The summed E-state index contributed by atoms with van der Waals surface area (Å²) in [4.78, 5) is 28.8. The Kier molecular flexibility index (Phi) is 5.30. The molecule has 2 rings (SSSR count). The minimum Gasteiger partial charge on any atom is -0.359 e. The van der Waals surface area contributed by atoms with Gasteiger partial charge in [-0.2, -0.15) is 13.2 Å². The lowest BCUT2D eigenvalue weighted by Crippen LogP contribution is -2.46. The number of pyridine rings is 1. The zero-order valence-electron chi connectivity index (χ0n) is 13.4. The fourth-order valence-corrected chi connectivity index (χ4v) is 2.62. The second-order valence-corrected chi connectivity index (χ2v) is 5.71. The van der Waals surface area contributed by atoms with Gasteiger partial charge < -0.3 is 15.5 Å². The highest BCUT2D eigenvalue weighted by molar-refractivity contribution is 5.90. The SMILES string of the molecule is CNC(=O)C1CCCN(C(=O)Nc2cnc(C(F)(F)F)cc2C)C1. The number of nitrogens with one attached hydrogen (secondary N) is 2. The molecule has 1 aliphatic rings. The first-order valence-electron chi connectivity index (χ1n) is 7.53. The summed E-state index contributed by atoms with van der Waals surface area (Å²) in [6.07, 6.45) is -2.14. The first-order valence-corrected chi connectivity index (χ1v) is 7.53. The quantitative estimate of drug-likeness (QED) is 0.865. The number of rotatable bonds is 2. The van der Waals surface area contributed by atoms with Gasteiger partial charge in [-0.3, -0.25) is 4.79 Å². The Bertz CT molecular complexity index is 634. The van der Waals surface area contributed by atoms with Gasteiger partial charge in [0.1, 0.15) is 5.69 Å². The van der Waals surface area contributed by atoms with Crippen LogP contribution in [-0.4, -0.2) is 42.0 Å². The van der Waals surface area contributed by atoms with Crippen molar-refractivity contribution in [1.29, 1.82) is 0 Å². The average molecular weight is 344 g/mol. The summed E-state index contributed by atoms with van der Waals surface area (Å²) in [6.45, 7) is 2.24. The number of anilines is 1. The summed E-state index contributed by atoms with van der Waals surface area (Å²) in [7, 11) is 1.54. The van der Waals surface area contributed by atoms with E-state index in [-0.39, 0.29) is 29.6 Å². The summed E-state index contributed by atoms with van der Waals surface area (Å²) in [5.74, 6) is -0.402. The van der Waals surface area contributed by atoms with E-state index in [0.717, 1.165) is 12.3 Å². The van der Waals surface area contributed by atoms with Gasteiger partial charge >= 0.3 is 12.2 Å². The third-order valence-corrected chi connectivity index (χ3v) is 3.97. The van der Waals surface area contributed by atoms with Gasteiger partial charge in [0.05, 0.1) is 17.8 Å². The standard InChI is InChI=1S/C15H19F3N4O2/c1-9-6-12(15(16,17)18)20-7-11(9)21-14(24)22-5-3-4-10(8-22)13(23)19-2/h6-7,10H,3-5,8H2,1-2H3,(H,19,23)(H,21,24). The summed E-state index contributed by atoms with van der Waals surface area (Å²) in [5, 5.41) is 5.12. The lowest BCUT2D eigenvalue weighted by molar-refractivity contribution is -0.141. The second kappa shape index (κ2) is 7.06. The van der Waals surface area contributed by atoms with Crippen LogP contribution in [0.5, 0.6) is 0 Å². The lowest BCUT2D eigenvalue weighted by atomic mass is 9.97. The van der Waals surface area contributed by atoms with E-state index in [4.69, 9.17) is 0 Å². The van der Waals surface area contributed by atoms with E-state index in [9.17, 15) is 22.8 Å². The summed E-state index contributed by atoms with van der Waals surface area (Å²) in [5.41, 5.74) is -0.517. The van der Waals surface area contributed by atoms with Crippen LogP contribution in [0.2, 0.25) is 0 Å². The van der Waals surface area contributed by atoms with Crippen LogP contribution < -0.4 is 10.6 Å². The molecule has 9 heteroatoms. The first kappa shape index (κ1) is 18.0. The third-order valence-electron chi connectivity index (χ3n) is 3.97. The molecule has 0 aromatic carbocycles. The Hall–Kier alpha value is -2.32. The van der Waals surface area contributed by atoms with Crippen LogP contribution in [0.3, 0.4) is 0 Å². The van der Waals surface area contributed by atoms with Crippen molar-refractivity contribution in [3.63, 3.8) is 0 Å². The number of aryl methyl sites for hydroxylation is 1. The fourth-order valence-electron chi connectivity index (χ4n) is 2.62. The van der Waals surface area contributed by atoms with Gasteiger partial charge in [0.25, 0.3) is 0 Å². The molecule has 0 saturated carbocycles. The second-order valence-electron chi connectivity index (χ2n) is 5.71. The number of aromatic nitrogens is 1. The molecule has 0 bridgehead atoms. The molecule has 1 aromatic rings. The van der Waals surface area contributed by atoms with E-state index >= 15 is 0 Å². The highest BCUT2D eigenvalue weighted by atomic mass is 19.4. The Morgan fingerprint density at radius 3 is 2.67 bits per heavy atom. The molecule has 2 N–H and O–H groups in total. The van der Waals surface area contributed by atoms with Gasteiger partial charge in [-0.25, -0.2) is 9.78 Å². The predicted octanol–water partition coefficient (Wildman–Crippen LogP) is 2.40. The molecule has 24 heavy (non-hydrogen) atoms. The van der Waals surface area contributed by atoms with E-state index in [2.05, 4.69) is 15.6 Å². The summed E-state index contributed by atoms with van der Waals surface area (Å²) in [6, 6.07) is 0.437. The highest BCUT2D eigenvalue weighted by Gasteiger charge is 2.33. The van der Waals surface area contributed by atoms with Crippen LogP contribution >= 0.6 is 0 Å². The van der Waals surface area contributed by atoms with Crippen LogP contribution in [0.1, 0.15) is 24.1 Å². The molecule has 1 saturated heterocycles. The van der Waals surface area contributed by atoms with Crippen molar-refractivity contribution >= 4 is 17.6 Å². The van der Waals surface area contributed by atoms with Crippen molar-refractivity contribution in [3.05, 3.63) is 23.5 Å². The van der Waals surface area contributed by atoms with E-state index < -0.39 is 17.9 Å². The van der Waals surface area contributed by atoms with Crippen LogP contribution in [0.15, 0.2) is 12.3 Å². The van der Waals surface area contributed by atoms with Crippen LogP contribution in [0, 0.1) is 12.8 Å². The first-order chi connectivity index (χ1) is 11.2. The van der Waals surface area contributed by atoms with Crippen molar-refractivity contribution < 1.29 is 22.8 Å². The van der Waals surface area contributed by atoms with Crippen LogP contribution in [0.4, 0.5) is 23.7 Å².